The first-order valence-corrected chi connectivity index (χ1v) is 26.0. The van der Waals surface area contributed by atoms with Gasteiger partial charge in [-0.25, -0.2) is 0 Å². The summed E-state index contributed by atoms with van der Waals surface area (Å²) in [5, 5.41) is 0. The first-order chi connectivity index (χ1) is 32.0. The summed E-state index contributed by atoms with van der Waals surface area (Å²) in [6.45, 7) is 6.27. The van der Waals surface area contributed by atoms with Crippen LogP contribution < -0.4 is 0 Å². The molecule has 0 bridgehead atoms. The molecule has 0 rings (SSSR count). The lowest BCUT2D eigenvalue weighted by Crippen LogP contribution is -2.30. The van der Waals surface area contributed by atoms with Crippen LogP contribution in [0.3, 0.4) is 0 Å². The molecule has 0 saturated carbocycles. The third-order valence-corrected chi connectivity index (χ3v) is 10.5. The molecule has 1 unspecified atom stereocenters. The van der Waals surface area contributed by atoms with Crippen molar-refractivity contribution in [2.75, 3.05) is 13.2 Å². The predicted molar refractivity (Wildman–Crippen MR) is 279 cm³/mol. The molecule has 366 valence electrons. The molecule has 0 radical (unpaired) electrons. The summed E-state index contributed by atoms with van der Waals surface area (Å²) in [6, 6.07) is 0. The van der Waals surface area contributed by atoms with E-state index >= 15 is 0 Å². The molecule has 6 nitrogen and oxygen atoms in total. The molecule has 6 heteroatoms. The molecular weight excluding hydrogens is 805 g/mol. The Labute approximate surface area is 399 Å². The van der Waals surface area contributed by atoms with E-state index in [0.29, 0.717) is 19.3 Å². The molecule has 65 heavy (non-hydrogen) atoms. The second-order valence-corrected chi connectivity index (χ2v) is 16.7. The van der Waals surface area contributed by atoms with E-state index in [1.807, 2.05) is 0 Å². The highest BCUT2D eigenvalue weighted by molar-refractivity contribution is 5.71. The van der Waals surface area contributed by atoms with E-state index in [0.717, 1.165) is 173 Å². The van der Waals surface area contributed by atoms with Gasteiger partial charge in [0, 0.05) is 19.3 Å². The van der Waals surface area contributed by atoms with Crippen LogP contribution in [0.15, 0.2) is 122 Å². The molecule has 0 heterocycles. The van der Waals surface area contributed by atoms with Crippen molar-refractivity contribution in [1.82, 2.24) is 0 Å². The zero-order valence-corrected chi connectivity index (χ0v) is 41.7. The average Bonchev–Trinajstić information content (AvgIpc) is 3.30. The van der Waals surface area contributed by atoms with Crippen molar-refractivity contribution in [2.45, 2.75) is 219 Å². The van der Waals surface area contributed by atoms with Gasteiger partial charge in [-0.3, -0.25) is 14.4 Å². The maximum absolute atomic E-state index is 12.8. The molecular formula is C59H94O6. The Morgan fingerprint density at radius 3 is 0.938 bits per heavy atom. The number of carbonyl (C=O) groups excluding carboxylic acids is 3. The fourth-order valence-corrected chi connectivity index (χ4v) is 6.61. The standard InChI is InChI=1S/C59H94O6/c1-4-7-10-13-15-17-19-21-23-25-27-29-31-33-35-37-39-41-43-46-49-52-58(61)64-55-56(54-63-57(60)51-48-45-12-9-6-3)65-59(62)53-50-47-44-42-40-38-36-34-32-30-28-26-24-22-20-18-16-14-11-8-5-2/h7-8,10-11,15-18,21-24,27-30,33-36,56H,4-6,9,12-14,19-20,25-26,31-32,37-55H2,1-3H3/b10-7-,11-8-,17-15-,18-16-,23-21-,24-22-,29-27-,30-28-,35-33-,36-34-. The Hall–Kier alpha value is -4.19. The molecule has 0 aliphatic rings. The highest BCUT2D eigenvalue weighted by Gasteiger charge is 2.19. The van der Waals surface area contributed by atoms with Crippen LogP contribution in [0, 0.1) is 0 Å². The summed E-state index contributed by atoms with van der Waals surface area (Å²) in [5.41, 5.74) is 0. The van der Waals surface area contributed by atoms with E-state index in [4.69, 9.17) is 14.2 Å². The molecule has 0 N–H and O–H groups in total. The Kier molecular flexibility index (Phi) is 49.1. The van der Waals surface area contributed by atoms with Gasteiger partial charge < -0.3 is 14.2 Å². The van der Waals surface area contributed by atoms with Crippen molar-refractivity contribution in [3.8, 4) is 0 Å². The van der Waals surface area contributed by atoms with Crippen molar-refractivity contribution in [1.29, 1.82) is 0 Å². The largest absolute Gasteiger partial charge is 0.462 e. The van der Waals surface area contributed by atoms with Crippen LogP contribution >= 0.6 is 0 Å². The highest BCUT2D eigenvalue weighted by Crippen LogP contribution is 2.12. The van der Waals surface area contributed by atoms with Crippen molar-refractivity contribution in [3.63, 3.8) is 0 Å². The minimum Gasteiger partial charge on any atom is -0.462 e. The van der Waals surface area contributed by atoms with E-state index in [-0.39, 0.29) is 31.1 Å². The quantitative estimate of drug-likeness (QED) is 0.0262. The molecule has 0 aromatic carbocycles. The molecule has 1 atom stereocenters. The Morgan fingerprint density at radius 1 is 0.323 bits per heavy atom. The molecule has 0 spiro atoms. The SMILES string of the molecule is CC/C=C\C/C=C\C/C=C\C/C=C\C/C=C\CCCCCCCC(=O)OCC(COC(=O)CCCCCCC)OC(=O)CCCCCCC/C=C\C/C=C\C/C=C\C/C=C\C/C=C\CC. The number of unbranched alkanes of at least 4 members (excludes halogenated alkanes) is 14. The van der Waals surface area contributed by atoms with Crippen LogP contribution in [0.5, 0.6) is 0 Å². The first-order valence-electron chi connectivity index (χ1n) is 26.0. The summed E-state index contributed by atoms with van der Waals surface area (Å²) >= 11 is 0. The number of esters is 3. The Balaban J connectivity index is 4.27. The average molecular weight is 899 g/mol. The molecule has 0 aliphatic carbocycles. The second kappa shape index (κ2) is 52.4. The molecule has 0 saturated heterocycles. The van der Waals surface area contributed by atoms with E-state index in [9.17, 15) is 14.4 Å². The second-order valence-electron chi connectivity index (χ2n) is 16.7. The van der Waals surface area contributed by atoms with Gasteiger partial charge in [-0.1, -0.05) is 206 Å². The molecule has 0 fully saturated rings. The number of rotatable bonds is 45. The van der Waals surface area contributed by atoms with Crippen LogP contribution in [0.4, 0.5) is 0 Å². The third kappa shape index (κ3) is 50.7. The van der Waals surface area contributed by atoms with Gasteiger partial charge in [0.1, 0.15) is 13.2 Å². The summed E-state index contributed by atoms with van der Waals surface area (Å²) in [6.07, 6.45) is 72.2. The van der Waals surface area contributed by atoms with Gasteiger partial charge >= 0.3 is 17.9 Å². The fourth-order valence-electron chi connectivity index (χ4n) is 6.61. The van der Waals surface area contributed by atoms with Crippen LogP contribution in [0.25, 0.3) is 0 Å². The Morgan fingerprint density at radius 2 is 0.600 bits per heavy atom. The lowest BCUT2D eigenvalue weighted by Gasteiger charge is -2.18. The fraction of sp³-hybridized carbons (Fsp3) is 0.610. The van der Waals surface area contributed by atoms with Crippen LogP contribution in [0.2, 0.25) is 0 Å². The van der Waals surface area contributed by atoms with E-state index in [1.165, 1.54) is 0 Å². The number of carbonyl (C=O) groups is 3. The molecule has 0 aromatic heterocycles. The summed E-state index contributed by atoms with van der Waals surface area (Å²) in [7, 11) is 0. The maximum atomic E-state index is 12.8. The lowest BCUT2D eigenvalue weighted by atomic mass is 10.1. The summed E-state index contributed by atoms with van der Waals surface area (Å²) < 4.78 is 16.6. The number of ether oxygens (including phenoxy) is 3. The monoisotopic (exact) mass is 899 g/mol. The van der Waals surface area contributed by atoms with Gasteiger partial charge in [0.2, 0.25) is 0 Å². The van der Waals surface area contributed by atoms with Crippen molar-refractivity contribution in [3.05, 3.63) is 122 Å². The van der Waals surface area contributed by atoms with Crippen molar-refractivity contribution < 1.29 is 28.6 Å². The zero-order chi connectivity index (χ0) is 47.2. The van der Waals surface area contributed by atoms with E-state index in [2.05, 4.69) is 142 Å². The zero-order valence-electron chi connectivity index (χ0n) is 41.7. The minimum atomic E-state index is -0.796. The Bertz CT molecular complexity index is 1400. The van der Waals surface area contributed by atoms with Gasteiger partial charge in [0.15, 0.2) is 6.10 Å². The van der Waals surface area contributed by atoms with Crippen molar-refractivity contribution in [2.24, 2.45) is 0 Å². The number of hydrogen-bond acceptors (Lipinski definition) is 6. The normalized spacial score (nSPS) is 13.1. The number of hydrogen-bond donors (Lipinski definition) is 0. The first kappa shape index (κ1) is 60.8. The van der Waals surface area contributed by atoms with E-state index < -0.39 is 6.10 Å². The van der Waals surface area contributed by atoms with Crippen LogP contribution in [0.1, 0.15) is 213 Å². The third-order valence-electron chi connectivity index (χ3n) is 10.5. The molecule has 0 aliphatic heterocycles. The van der Waals surface area contributed by atoms with Crippen LogP contribution in [-0.2, 0) is 28.6 Å². The maximum Gasteiger partial charge on any atom is 0.306 e. The summed E-state index contributed by atoms with van der Waals surface area (Å²) in [5.74, 6) is -0.957. The topological polar surface area (TPSA) is 78.9 Å². The predicted octanol–water partition coefficient (Wildman–Crippen LogP) is 17.3. The minimum absolute atomic E-state index is 0.0967. The van der Waals surface area contributed by atoms with Gasteiger partial charge in [0.25, 0.3) is 0 Å². The number of allylic oxidation sites excluding steroid dienone is 20. The van der Waals surface area contributed by atoms with E-state index in [1.54, 1.807) is 0 Å². The molecule has 0 amide bonds. The van der Waals surface area contributed by atoms with Crippen molar-refractivity contribution >= 4 is 17.9 Å². The highest BCUT2D eigenvalue weighted by atomic mass is 16.6. The lowest BCUT2D eigenvalue weighted by molar-refractivity contribution is -0.167. The van der Waals surface area contributed by atoms with Gasteiger partial charge in [-0.15, -0.1) is 0 Å². The molecule has 0 aromatic rings. The summed E-state index contributed by atoms with van der Waals surface area (Å²) in [4.78, 5) is 37.7. The smallest absolute Gasteiger partial charge is 0.306 e. The van der Waals surface area contributed by atoms with Gasteiger partial charge in [-0.05, 0) is 109 Å². The van der Waals surface area contributed by atoms with Crippen LogP contribution in [-0.4, -0.2) is 37.2 Å². The van der Waals surface area contributed by atoms with Gasteiger partial charge in [0.05, 0.1) is 0 Å². The van der Waals surface area contributed by atoms with Gasteiger partial charge in [-0.2, -0.15) is 0 Å².